The quantitative estimate of drug-likeness (QED) is 0.717. The summed E-state index contributed by atoms with van der Waals surface area (Å²) in [4.78, 5) is 20.5. The molecular formula is C17H20N6OS2. The highest BCUT2D eigenvalue weighted by atomic mass is 32.1. The lowest BCUT2D eigenvalue weighted by Crippen LogP contribution is -2.29. The molecule has 2 N–H and O–H groups in total. The standard InChI is InChI=1S/C17H20N6OS2/c1-10-3-4-14(25-10)15-11(2)26-17(19-15)20-16(24)13-9-23(22-21-13)12-5-7-18-8-6-12/h3-4,9,12,18H,5-8H2,1-2H3,(H,19,20,24). The third-order valence-electron chi connectivity index (χ3n) is 4.42. The Morgan fingerprint density at radius 2 is 2.08 bits per heavy atom. The molecule has 1 aliphatic rings. The van der Waals surface area contributed by atoms with Crippen LogP contribution in [0.5, 0.6) is 0 Å². The van der Waals surface area contributed by atoms with Crippen LogP contribution in [-0.2, 0) is 0 Å². The molecule has 0 spiro atoms. The van der Waals surface area contributed by atoms with E-state index >= 15 is 0 Å². The number of carbonyl (C=O) groups excluding carboxylic acids is 1. The smallest absolute Gasteiger partial charge is 0.279 e. The van der Waals surface area contributed by atoms with Gasteiger partial charge in [0, 0.05) is 9.75 Å². The van der Waals surface area contributed by atoms with E-state index in [1.165, 1.54) is 16.2 Å². The third-order valence-corrected chi connectivity index (χ3v) is 6.31. The first-order chi connectivity index (χ1) is 12.6. The second-order valence-electron chi connectivity index (χ2n) is 6.35. The summed E-state index contributed by atoms with van der Waals surface area (Å²) in [6, 6.07) is 4.45. The number of aromatic nitrogens is 4. The lowest BCUT2D eigenvalue weighted by atomic mass is 10.1. The summed E-state index contributed by atoms with van der Waals surface area (Å²) >= 11 is 3.18. The van der Waals surface area contributed by atoms with Crippen LogP contribution in [0.15, 0.2) is 18.3 Å². The van der Waals surface area contributed by atoms with Crippen molar-refractivity contribution in [1.82, 2.24) is 25.3 Å². The fourth-order valence-corrected chi connectivity index (χ4v) is 4.83. The second kappa shape index (κ2) is 7.26. The van der Waals surface area contributed by atoms with E-state index in [0.717, 1.165) is 41.4 Å². The summed E-state index contributed by atoms with van der Waals surface area (Å²) in [5.41, 5.74) is 1.26. The number of anilines is 1. The van der Waals surface area contributed by atoms with Gasteiger partial charge < -0.3 is 5.32 Å². The summed E-state index contributed by atoms with van der Waals surface area (Å²) in [6.45, 7) is 6.03. The molecular weight excluding hydrogens is 368 g/mol. The third kappa shape index (κ3) is 3.55. The highest BCUT2D eigenvalue weighted by molar-refractivity contribution is 7.18. The van der Waals surface area contributed by atoms with Gasteiger partial charge in [-0.2, -0.15) is 0 Å². The lowest BCUT2D eigenvalue weighted by Gasteiger charge is -2.21. The van der Waals surface area contributed by atoms with Crippen molar-refractivity contribution in [2.75, 3.05) is 18.4 Å². The number of piperidine rings is 1. The van der Waals surface area contributed by atoms with E-state index < -0.39 is 0 Å². The van der Waals surface area contributed by atoms with Gasteiger partial charge in [-0.15, -0.1) is 27.8 Å². The minimum atomic E-state index is -0.271. The van der Waals surface area contributed by atoms with Crippen LogP contribution in [0.1, 0.15) is 39.1 Å². The first-order valence-electron chi connectivity index (χ1n) is 8.58. The van der Waals surface area contributed by atoms with Gasteiger partial charge in [0.2, 0.25) is 0 Å². The van der Waals surface area contributed by atoms with Crippen LogP contribution in [0.2, 0.25) is 0 Å². The number of nitrogens with one attached hydrogen (secondary N) is 2. The van der Waals surface area contributed by atoms with Gasteiger partial charge >= 0.3 is 0 Å². The van der Waals surface area contributed by atoms with E-state index in [9.17, 15) is 4.79 Å². The zero-order valence-corrected chi connectivity index (χ0v) is 16.3. The Bertz CT molecular complexity index is 921. The molecule has 1 saturated heterocycles. The molecule has 9 heteroatoms. The van der Waals surface area contributed by atoms with Crippen LogP contribution in [0.3, 0.4) is 0 Å². The monoisotopic (exact) mass is 388 g/mol. The topological polar surface area (TPSA) is 84.7 Å². The Kier molecular flexibility index (Phi) is 4.84. The fraction of sp³-hybridized carbons (Fsp3) is 0.412. The summed E-state index contributed by atoms with van der Waals surface area (Å²) < 4.78 is 1.81. The van der Waals surface area contributed by atoms with Crippen molar-refractivity contribution in [3.8, 4) is 10.6 Å². The molecule has 4 heterocycles. The number of hydrogen-bond acceptors (Lipinski definition) is 7. The Hall–Kier alpha value is -2.10. The van der Waals surface area contributed by atoms with Crippen LogP contribution in [-0.4, -0.2) is 39.0 Å². The van der Waals surface area contributed by atoms with E-state index in [2.05, 4.69) is 45.0 Å². The molecule has 3 aromatic heterocycles. The number of nitrogens with zero attached hydrogens (tertiary/aromatic N) is 4. The van der Waals surface area contributed by atoms with Gasteiger partial charge in [0.25, 0.3) is 5.91 Å². The molecule has 136 valence electrons. The predicted octanol–water partition coefficient (Wildman–Crippen LogP) is 3.26. The zero-order chi connectivity index (χ0) is 18.1. The summed E-state index contributed by atoms with van der Waals surface area (Å²) in [5.74, 6) is -0.271. The van der Waals surface area contributed by atoms with Gasteiger partial charge in [-0.3, -0.25) is 10.1 Å². The average Bonchev–Trinajstić information content (AvgIpc) is 3.36. The van der Waals surface area contributed by atoms with Crippen molar-refractivity contribution in [3.63, 3.8) is 0 Å². The van der Waals surface area contributed by atoms with Gasteiger partial charge in [-0.05, 0) is 51.9 Å². The van der Waals surface area contributed by atoms with E-state index in [1.807, 2.05) is 11.6 Å². The molecule has 1 fully saturated rings. The van der Waals surface area contributed by atoms with Gasteiger partial charge in [0.1, 0.15) is 0 Å². The van der Waals surface area contributed by atoms with E-state index in [-0.39, 0.29) is 5.91 Å². The Labute approximate surface area is 159 Å². The molecule has 1 aliphatic heterocycles. The van der Waals surface area contributed by atoms with E-state index in [0.29, 0.717) is 16.9 Å². The molecule has 4 rings (SSSR count). The summed E-state index contributed by atoms with van der Waals surface area (Å²) in [6.07, 6.45) is 3.73. The SMILES string of the molecule is Cc1ccc(-c2nc(NC(=O)c3cn(C4CCNCC4)nn3)sc2C)s1. The molecule has 0 aliphatic carbocycles. The normalized spacial score (nSPS) is 15.3. The van der Waals surface area contributed by atoms with Crippen molar-refractivity contribution in [3.05, 3.63) is 33.8 Å². The molecule has 0 unspecified atom stereocenters. The van der Waals surface area contributed by atoms with Crippen molar-refractivity contribution in [2.45, 2.75) is 32.7 Å². The van der Waals surface area contributed by atoms with Gasteiger partial charge in [0.05, 0.1) is 22.8 Å². The average molecular weight is 389 g/mol. The number of rotatable bonds is 4. The maximum atomic E-state index is 12.5. The minimum Gasteiger partial charge on any atom is -0.317 e. The number of carbonyl (C=O) groups is 1. The number of amides is 1. The molecule has 26 heavy (non-hydrogen) atoms. The molecule has 0 aromatic carbocycles. The molecule has 1 amide bonds. The number of thiazole rings is 1. The molecule has 0 atom stereocenters. The molecule has 0 saturated carbocycles. The van der Waals surface area contributed by atoms with E-state index in [4.69, 9.17) is 0 Å². The number of aryl methyl sites for hydroxylation is 2. The van der Waals surface area contributed by atoms with Crippen LogP contribution in [0.4, 0.5) is 5.13 Å². The number of hydrogen-bond donors (Lipinski definition) is 2. The highest BCUT2D eigenvalue weighted by Gasteiger charge is 2.20. The highest BCUT2D eigenvalue weighted by Crippen LogP contribution is 2.34. The van der Waals surface area contributed by atoms with Crippen LogP contribution < -0.4 is 10.6 Å². The first-order valence-corrected chi connectivity index (χ1v) is 10.2. The minimum absolute atomic E-state index is 0.271. The number of thiophene rings is 1. The second-order valence-corrected chi connectivity index (χ2v) is 8.84. The van der Waals surface area contributed by atoms with Crippen molar-refractivity contribution >= 4 is 33.7 Å². The Morgan fingerprint density at radius 3 is 2.81 bits per heavy atom. The molecule has 0 bridgehead atoms. The summed E-state index contributed by atoms with van der Waals surface area (Å²) in [5, 5.41) is 14.9. The zero-order valence-electron chi connectivity index (χ0n) is 14.7. The summed E-state index contributed by atoms with van der Waals surface area (Å²) in [7, 11) is 0. The predicted molar refractivity (Wildman–Crippen MR) is 104 cm³/mol. The lowest BCUT2D eigenvalue weighted by molar-refractivity contribution is 0.102. The van der Waals surface area contributed by atoms with Crippen molar-refractivity contribution in [2.24, 2.45) is 0 Å². The Balaban J connectivity index is 1.47. The van der Waals surface area contributed by atoms with Crippen molar-refractivity contribution < 1.29 is 4.79 Å². The van der Waals surface area contributed by atoms with Crippen LogP contribution >= 0.6 is 22.7 Å². The largest absolute Gasteiger partial charge is 0.317 e. The molecule has 7 nitrogen and oxygen atoms in total. The Morgan fingerprint density at radius 1 is 1.27 bits per heavy atom. The maximum absolute atomic E-state index is 12.5. The van der Waals surface area contributed by atoms with Gasteiger partial charge in [-0.1, -0.05) is 5.21 Å². The van der Waals surface area contributed by atoms with Crippen molar-refractivity contribution in [1.29, 1.82) is 0 Å². The van der Waals surface area contributed by atoms with Crippen LogP contribution in [0.25, 0.3) is 10.6 Å². The first kappa shape index (κ1) is 17.3. The van der Waals surface area contributed by atoms with Gasteiger partial charge in [-0.25, -0.2) is 9.67 Å². The fourth-order valence-electron chi connectivity index (χ4n) is 3.03. The van der Waals surface area contributed by atoms with E-state index in [1.54, 1.807) is 17.5 Å². The van der Waals surface area contributed by atoms with Gasteiger partial charge in [0.15, 0.2) is 10.8 Å². The maximum Gasteiger partial charge on any atom is 0.279 e. The molecule has 3 aromatic rings. The van der Waals surface area contributed by atoms with Crippen LogP contribution in [0, 0.1) is 13.8 Å². The molecule has 0 radical (unpaired) electrons.